The standard InChI is InChI=1S/C23H36N4.C2HF3O2/c1-6-7-12-24-13-8-11-21-20-10-9-14-27(23(20)25-26(21)5)22-18(3)15-17(2)16-19(22)4;3-2(4,5)1(6)7/h15-16,24H,6-14H2,1-5H3;(H,6,7). The maximum Gasteiger partial charge on any atom is 0.490 e. The third-order valence-electron chi connectivity index (χ3n) is 5.94. The molecule has 190 valence electrons. The Hall–Kier alpha value is -2.55. The molecule has 0 saturated heterocycles. The van der Waals surface area contributed by atoms with E-state index in [1.807, 2.05) is 0 Å². The van der Waals surface area contributed by atoms with E-state index >= 15 is 0 Å². The zero-order valence-electron chi connectivity index (χ0n) is 20.8. The molecule has 0 spiro atoms. The van der Waals surface area contributed by atoms with Crippen molar-refractivity contribution in [1.82, 2.24) is 15.1 Å². The third kappa shape index (κ3) is 7.22. The highest BCUT2D eigenvalue weighted by Crippen LogP contribution is 2.38. The van der Waals surface area contributed by atoms with Gasteiger partial charge in [-0.05, 0) is 77.1 Å². The van der Waals surface area contributed by atoms with Gasteiger partial charge in [0.2, 0.25) is 0 Å². The molecule has 3 rings (SSSR count). The number of aliphatic carboxylic acids is 1. The maximum atomic E-state index is 10.6. The highest BCUT2D eigenvalue weighted by Gasteiger charge is 2.38. The number of unbranched alkanes of at least 4 members (excludes halogenated alkanes) is 1. The molecule has 0 fully saturated rings. The average Bonchev–Trinajstić information content (AvgIpc) is 3.05. The van der Waals surface area contributed by atoms with E-state index in [0.29, 0.717) is 0 Å². The third-order valence-corrected chi connectivity index (χ3v) is 5.94. The number of carboxylic acids is 1. The van der Waals surface area contributed by atoms with E-state index in [0.717, 1.165) is 32.5 Å². The molecule has 34 heavy (non-hydrogen) atoms. The molecule has 0 atom stereocenters. The molecule has 1 aromatic carbocycles. The first-order valence-corrected chi connectivity index (χ1v) is 11.9. The Balaban J connectivity index is 0.000000509. The summed E-state index contributed by atoms with van der Waals surface area (Å²) in [6.07, 6.45) is 2.09. The molecular weight excluding hydrogens is 445 g/mol. The molecule has 2 N–H and O–H groups in total. The van der Waals surface area contributed by atoms with E-state index in [9.17, 15) is 13.2 Å². The molecule has 0 bridgehead atoms. The molecule has 0 aliphatic carbocycles. The highest BCUT2D eigenvalue weighted by atomic mass is 19.4. The van der Waals surface area contributed by atoms with Crippen LogP contribution in [0.4, 0.5) is 24.7 Å². The summed E-state index contributed by atoms with van der Waals surface area (Å²) in [5, 5.41) is 15.7. The second kappa shape index (κ2) is 12.2. The number of hydrogen-bond acceptors (Lipinski definition) is 4. The molecule has 1 aliphatic heterocycles. The summed E-state index contributed by atoms with van der Waals surface area (Å²) in [6, 6.07) is 4.59. The van der Waals surface area contributed by atoms with Crippen LogP contribution in [0, 0.1) is 20.8 Å². The van der Waals surface area contributed by atoms with Gasteiger partial charge in [-0.25, -0.2) is 4.79 Å². The Kier molecular flexibility index (Phi) is 9.97. The van der Waals surface area contributed by atoms with Crippen molar-refractivity contribution in [2.75, 3.05) is 24.5 Å². The topological polar surface area (TPSA) is 70.4 Å². The molecular formula is C25H37F3N4O2. The van der Waals surface area contributed by atoms with Gasteiger partial charge in [0.15, 0.2) is 5.82 Å². The van der Waals surface area contributed by atoms with Crippen LogP contribution in [0.3, 0.4) is 0 Å². The van der Waals surface area contributed by atoms with Crippen LogP contribution in [0.25, 0.3) is 0 Å². The van der Waals surface area contributed by atoms with Crippen molar-refractivity contribution in [2.45, 2.75) is 72.4 Å². The van der Waals surface area contributed by atoms with Gasteiger partial charge in [-0.3, -0.25) is 4.68 Å². The lowest BCUT2D eigenvalue weighted by atomic mass is 9.98. The summed E-state index contributed by atoms with van der Waals surface area (Å²) < 4.78 is 33.9. The van der Waals surface area contributed by atoms with E-state index in [1.165, 1.54) is 65.1 Å². The van der Waals surface area contributed by atoms with Crippen LogP contribution in [0.15, 0.2) is 12.1 Å². The highest BCUT2D eigenvalue weighted by molar-refractivity contribution is 5.73. The van der Waals surface area contributed by atoms with Crippen LogP contribution in [-0.2, 0) is 24.7 Å². The molecule has 0 amide bonds. The van der Waals surface area contributed by atoms with Crippen molar-refractivity contribution in [3.63, 3.8) is 0 Å². The summed E-state index contributed by atoms with van der Waals surface area (Å²) in [7, 11) is 2.12. The average molecular weight is 483 g/mol. The number of halogens is 3. The monoisotopic (exact) mass is 482 g/mol. The number of aryl methyl sites for hydroxylation is 4. The van der Waals surface area contributed by atoms with Gasteiger partial charge in [-0.15, -0.1) is 0 Å². The Morgan fingerprint density at radius 3 is 2.29 bits per heavy atom. The van der Waals surface area contributed by atoms with Crippen molar-refractivity contribution in [2.24, 2.45) is 7.05 Å². The van der Waals surface area contributed by atoms with Gasteiger partial charge in [0.25, 0.3) is 0 Å². The number of nitrogens with one attached hydrogen (secondary N) is 1. The van der Waals surface area contributed by atoms with Crippen LogP contribution in [-0.4, -0.2) is 46.7 Å². The van der Waals surface area contributed by atoms with Crippen LogP contribution in [0.2, 0.25) is 0 Å². The van der Waals surface area contributed by atoms with Crippen molar-refractivity contribution < 1.29 is 23.1 Å². The maximum absolute atomic E-state index is 10.6. The number of anilines is 2. The van der Waals surface area contributed by atoms with Gasteiger partial charge >= 0.3 is 12.1 Å². The lowest BCUT2D eigenvalue weighted by molar-refractivity contribution is -0.192. The number of aromatic nitrogens is 2. The minimum Gasteiger partial charge on any atom is -0.475 e. The van der Waals surface area contributed by atoms with Crippen molar-refractivity contribution in [3.8, 4) is 0 Å². The first kappa shape index (κ1) is 27.7. The fraction of sp³-hybridized carbons (Fsp3) is 0.600. The smallest absolute Gasteiger partial charge is 0.475 e. The summed E-state index contributed by atoms with van der Waals surface area (Å²) >= 11 is 0. The van der Waals surface area contributed by atoms with Crippen molar-refractivity contribution in [3.05, 3.63) is 40.1 Å². The van der Waals surface area contributed by atoms with E-state index in [4.69, 9.17) is 15.0 Å². The Morgan fingerprint density at radius 2 is 1.74 bits per heavy atom. The van der Waals surface area contributed by atoms with Crippen molar-refractivity contribution >= 4 is 17.5 Å². The predicted molar refractivity (Wildman–Crippen MR) is 129 cm³/mol. The van der Waals surface area contributed by atoms with Gasteiger partial charge in [-0.1, -0.05) is 31.0 Å². The normalized spacial score (nSPS) is 13.4. The van der Waals surface area contributed by atoms with E-state index in [-0.39, 0.29) is 0 Å². The Bertz CT molecular complexity index is 947. The van der Waals surface area contributed by atoms with Crippen LogP contribution < -0.4 is 10.2 Å². The van der Waals surface area contributed by atoms with E-state index in [1.54, 1.807) is 0 Å². The lowest BCUT2D eigenvalue weighted by Gasteiger charge is -2.31. The van der Waals surface area contributed by atoms with Gasteiger partial charge in [-0.2, -0.15) is 18.3 Å². The summed E-state index contributed by atoms with van der Waals surface area (Å²) in [6.45, 7) is 12.2. The number of carbonyl (C=O) groups is 1. The quantitative estimate of drug-likeness (QED) is 0.494. The van der Waals surface area contributed by atoms with Gasteiger partial charge in [0.05, 0.1) is 0 Å². The summed E-state index contributed by atoms with van der Waals surface area (Å²) in [4.78, 5) is 11.4. The number of benzene rings is 1. The summed E-state index contributed by atoms with van der Waals surface area (Å²) in [5.41, 5.74) is 8.29. The zero-order valence-corrected chi connectivity index (χ0v) is 20.8. The first-order chi connectivity index (χ1) is 16.0. The lowest BCUT2D eigenvalue weighted by Crippen LogP contribution is -2.26. The van der Waals surface area contributed by atoms with Gasteiger partial charge in [0, 0.05) is 30.5 Å². The first-order valence-electron chi connectivity index (χ1n) is 11.9. The molecule has 2 heterocycles. The largest absolute Gasteiger partial charge is 0.490 e. The number of hydrogen-bond donors (Lipinski definition) is 2. The van der Waals surface area contributed by atoms with Crippen LogP contribution in [0.1, 0.15) is 60.6 Å². The second-order valence-corrected chi connectivity index (χ2v) is 8.88. The molecule has 2 aromatic rings. The fourth-order valence-corrected chi connectivity index (χ4v) is 4.52. The number of alkyl halides is 3. The molecule has 0 unspecified atom stereocenters. The molecule has 9 heteroatoms. The number of rotatable bonds is 8. The van der Waals surface area contributed by atoms with Gasteiger partial charge in [0.1, 0.15) is 0 Å². The molecule has 6 nitrogen and oxygen atoms in total. The SMILES string of the molecule is CCCCNCCCc1c2c(nn1C)N(c1c(C)cc(C)cc1C)CCC2.O=C(O)C(F)(F)F. The van der Waals surface area contributed by atoms with Crippen LogP contribution >= 0.6 is 0 Å². The fourth-order valence-electron chi connectivity index (χ4n) is 4.52. The zero-order chi connectivity index (χ0) is 25.5. The number of carboxylic acid groups (broad SMARTS) is 1. The molecule has 1 aliphatic rings. The van der Waals surface area contributed by atoms with Crippen LogP contribution in [0.5, 0.6) is 0 Å². The molecule has 0 saturated carbocycles. The van der Waals surface area contributed by atoms with E-state index in [2.05, 4.69) is 61.8 Å². The second-order valence-electron chi connectivity index (χ2n) is 8.88. The number of fused-ring (bicyclic) bond motifs is 1. The van der Waals surface area contributed by atoms with Crippen molar-refractivity contribution in [1.29, 1.82) is 0 Å². The molecule has 1 aromatic heterocycles. The Labute approximate surface area is 200 Å². The predicted octanol–water partition coefficient (Wildman–Crippen LogP) is 5.39. The summed E-state index contributed by atoms with van der Waals surface area (Å²) in [5.74, 6) is -1.57. The van der Waals surface area contributed by atoms with Gasteiger partial charge < -0.3 is 15.3 Å². The van der Waals surface area contributed by atoms with E-state index < -0.39 is 12.1 Å². The molecule has 0 radical (unpaired) electrons. The number of nitrogens with zero attached hydrogens (tertiary/aromatic N) is 3. The Morgan fingerprint density at radius 1 is 1.15 bits per heavy atom. The minimum absolute atomic E-state index is 1.06. The minimum atomic E-state index is -5.08.